The molecule has 1 fully saturated rings. The van der Waals surface area contributed by atoms with Crippen LogP contribution >= 0.6 is 11.6 Å². The van der Waals surface area contributed by atoms with E-state index in [1.54, 1.807) is 12.1 Å². The summed E-state index contributed by atoms with van der Waals surface area (Å²) >= 11 is 6.17. The van der Waals surface area contributed by atoms with Crippen LogP contribution in [0.3, 0.4) is 0 Å². The highest BCUT2D eigenvalue weighted by atomic mass is 35.5. The number of morpholine rings is 1. The highest BCUT2D eigenvalue weighted by Crippen LogP contribution is 2.40. The lowest BCUT2D eigenvalue weighted by Gasteiger charge is -2.27. The number of fused-ring (bicyclic) bond motifs is 1. The van der Waals surface area contributed by atoms with E-state index in [9.17, 15) is 4.21 Å². The predicted octanol–water partition coefficient (Wildman–Crippen LogP) is 3.82. The smallest absolute Gasteiger partial charge is 0.157 e. The lowest BCUT2D eigenvalue weighted by atomic mass is 10.1. The normalized spacial score (nSPS) is 19.4. The van der Waals surface area contributed by atoms with E-state index in [4.69, 9.17) is 21.3 Å². The van der Waals surface area contributed by atoms with Crippen LogP contribution in [0.4, 0.5) is 5.82 Å². The van der Waals surface area contributed by atoms with Crippen molar-refractivity contribution in [2.24, 2.45) is 0 Å². The van der Waals surface area contributed by atoms with Crippen molar-refractivity contribution in [3.05, 3.63) is 64.9 Å². The Kier molecular flexibility index (Phi) is 5.84. The first kappa shape index (κ1) is 20.7. The Morgan fingerprint density at radius 3 is 2.77 bits per heavy atom. The summed E-state index contributed by atoms with van der Waals surface area (Å²) < 4.78 is 20.9. The Labute approximate surface area is 189 Å². The third-order valence-corrected chi connectivity index (χ3v) is 7.59. The van der Waals surface area contributed by atoms with Crippen molar-refractivity contribution in [2.75, 3.05) is 38.3 Å². The summed E-state index contributed by atoms with van der Waals surface area (Å²) in [7, 11) is 0.572. The van der Waals surface area contributed by atoms with Crippen LogP contribution < -0.4 is 10.2 Å². The van der Waals surface area contributed by atoms with Gasteiger partial charge in [0.2, 0.25) is 0 Å². The van der Waals surface area contributed by atoms with Crippen molar-refractivity contribution in [1.82, 2.24) is 14.3 Å². The second-order valence-corrected chi connectivity index (χ2v) is 9.63. The van der Waals surface area contributed by atoms with Crippen molar-refractivity contribution in [2.45, 2.75) is 23.8 Å². The number of hydrogen-bond donors (Lipinski definition) is 1. The highest BCUT2D eigenvalue weighted by Gasteiger charge is 2.30. The summed E-state index contributed by atoms with van der Waals surface area (Å²) in [6.45, 7) is 3.15. The van der Waals surface area contributed by atoms with Crippen molar-refractivity contribution >= 4 is 28.4 Å². The Morgan fingerprint density at radius 2 is 2.06 bits per heavy atom. The molecule has 0 amide bonds. The lowest BCUT2D eigenvalue weighted by molar-refractivity contribution is 0.122. The largest absolute Gasteiger partial charge is 0.378 e. The minimum absolute atomic E-state index is 0.270. The Hall–Kier alpha value is -2.19. The highest BCUT2D eigenvalue weighted by molar-refractivity contribution is 7.83. The third-order valence-electron chi connectivity index (χ3n) is 6.05. The molecule has 0 spiro atoms. The van der Waals surface area contributed by atoms with E-state index in [1.807, 2.05) is 35.5 Å². The van der Waals surface area contributed by atoms with Gasteiger partial charge in [-0.05, 0) is 61.3 Å². The number of hydrogen-bond acceptors (Lipinski definition) is 5. The lowest BCUT2D eigenvalue weighted by Crippen LogP contribution is -2.36. The monoisotopic (exact) mass is 456 g/mol. The standard InChI is InChI=1S/C23H25ClN4O2S/c1-25-21-7-6-19-20(21)15-28(31(29)18-4-2-3-17(24)13-18)23(19)16-5-8-22(26-14-16)27-9-11-30-12-10-27/h2-5,8,13-15,21,25H,6-7,9-12H2,1H3. The predicted molar refractivity (Wildman–Crippen MR) is 124 cm³/mol. The van der Waals surface area contributed by atoms with E-state index in [1.165, 1.54) is 11.1 Å². The zero-order valence-electron chi connectivity index (χ0n) is 17.4. The van der Waals surface area contributed by atoms with E-state index in [2.05, 4.69) is 22.3 Å². The minimum Gasteiger partial charge on any atom is -0.378 e. The molecule has 0 saturated carbocycles. The van der Waals surface area contributed by atoms with Gasteiger partial charge in [0.15, 0.2) is 11.0 Å². The number of nitrogens with zero attached hydrogens (tertiary/aromatic N) is 3. The molecule has 31 heavy (non-hydrogen) atoms. The maximum absolute atomic E-state index is 13.6. The number of benzene rings is 1. The topological polar surface area (TPSA) is 59.4 Å². The van der Waals surface area contributed by atoms with E-state index < -0.39 is 11.0 Å². The van der Waals surface area contributed by atoms with Gasteiger partial charge in [-0.25, -0.2) is 9.19 Å². The summed E-state index contributed by atoms with van der Waals surface area (Å²) in [5.41, 5.74) is 4.42. The van der Waals surface area contributed by atoms with Gasteiger partial charge in [-0.3, -0.25) is 3.97 Å². The van der Waals surface area contributed by atoms with Gasteiger partial charge in [0.25, 0.3) is 0 Å². The second-order valence-electron chi connectivity index (χ2n) is 7.83. The molecule has 1 aromatic carbocycles. The molecule has 162 valence electrons. The maximum atomic E-state index is 13.6. The average molecular weight is 457 g/mol. The molecular weight excluding hydrogens is 432 g/mol. The fourth-order valence-corrected chi connectivity index (χ4v) is 5.97. The van der Waals surface area contributed by atoms with E-state index >= 15 is 0 Å². The zero-order valence-corrected chi connectivity index (χ0v) is 19.0. The van der Waals surface area contributed by atoms with Gasteiger partial charge < -0.3 is 15.0 Å². The van der Waals surface area contributed by atoms with Gasteiger partial charge in [-0.15, -0.1) is 0 Å². The summed E-state index contributed by atoms with van der Waals surface area (Å²) in [5, 5.41) is 3.96. The maximum Gasteiger partial charge on any atom is 0.157 e. The van der Waals surface area contributed by atoms with Crippen LogP contribution in [0.25, 0.3) is 11.3 Å². The zero-order chi connectivity index (χ0) is 21.4. The van der Waals surface area contributed by atoms with Gasteiger partial charge in [-0.2, -0.15) is 0 Å². The molecule has 3 heterocycles. The molecule has 1 aliphatic carbocycles. The molecule has 0 radical (unpaired) electrons. The first-order chi connectivity index (χ1) is 15.2. The van der Waals surface area contributed by atoms with Crippen LogP contribution in [0.15, 0.2) is 53.7 Å². The average Bonchev–Trinajstić information content (AvgIpc) is 3.38. The van der Waals surface area contributed by atoms with E-state index in [0.717, 1.165) is 56.2 Å². The molecule has 5 rings (SSSR count). The first-order valence-corrected chi connectivity index (χ1v) is 12.0. The number of rotatable bonds is 5. The van der Waals surface area contributed by atoms with Crippen LogP contribution in [0, 0.1) is 0 Å². The van der Waals surface area contributed by atoms with Crippen LogP contribution in [0.1, 0.15) is 23.6 Å². The number of ether oxygens (including phenoxy) is 1. The molecule has 1 saturated heterocycles. The molecule has 8 heteroatoms. The van der Waals surface area contributed by atoms with Crippen LogP contribution in [0.5, 0.6) is 0 Å². The minimum atomic E-state index is -1.40. The third kappa shape index (κ3) is 3.91. The fourth-order valence-electron chi connectivity index (χ4n) is 4.47. The molecule has 2 atom stereocenters. The number of aromatic nitrogens is 2. The summed E-state index contributed by atoms with van der Waals surface area (Å²) in [6, 6.07) is 11.7. The van der Waals surface area contributed by atoms with E-state index in [-0.39, 0.29) is 6.04 Å². The van der Waals surface area contributed by atoms with Crippen molar-refractivity contribution in [3.8, 4) is 11.3 Å². The van der Waals surface area contributed by atoms with Gasteiger partial charge in [0.05, 0.1) is 23.8 Å². The Morgan fingerprint density at radius 1 is 1.23 bits per heavy atom. The molecule has 2 aromatic heterocycles. The van der Waals surface area contributed by atoms with Crippen molar-refractivity contribution in [3.63, 3.8) is 0 Å². The first-order valence-electron chi connectivity index (χ1n) is 10.5. The number of anilines is 1. The molecular formula is C23H25ClN4O2S. The van der Waals surface area contributed by atoms with Crippen LogP contribution in [0.2, 0.25) is 5.02 Å². The quantitative estimate of drug-likeness (QED) is 0.632. The number of halogens is 1. The SMILES string of the molecule is CNC1CCc2c1cn(S(=O)c1cccc(Cl)c1)c2-c1ccc(N2CCOCC2)nc1. The molecule has 2 unspecified atom stereocenters. The molecule has 6 nitrogen and oxygen atoms in total. The van der Waals surface area contributed by atoms with Gasteiger partial charge in [0.1, 0.15) is 5.82 Å². The van der Waals surface area contributed by atoms with Gasteiger partial charge >= 0.3 is 0 Å². The Bertz CT molecular complexity index is 1110. The van der Waals surface area contributed by atoms with E-state index in [0.29, 0.717) is 9.92 Å². The summed E-state index contributed by atoms with van der Waals surface area (Å²) in [6.07, 6.45) is 5.92. The number of nitrogens with one attached hydrogen (secondary N) is 1. The Balaban J connectivity index is 1.56. The molecule has 1 aliphatic heterocycles. The van der Waals surface area contributed by atoms with Crippen LogP contribution in [-0.4, -0.2) is 46.5 Å². The summed E-state index contributed by atoms with van der Waals surface area (Å²) in [5.74, 6) is 0.950. The van der Waals surface area contributed by atoms with Crippen LogP contribution in [-0.2, 0) is 22.1 Å². The number of pyridine rings is 1. The molecule has 2 aliphatic rings. The van der Waals surface area contributed by atoms with Gasteiger partial charge in [0, 0.05) is 42.1 Å². The second kappa shape index (κ2) is 8.74. The molecule has 1 N–H and O–H groups in total. The molecule has 3 aromatic rings. The van der Waals surface area contributed by atoms with Crippen molar-refractivity contribution < 1.29 is 8.95 Å². The molecule has 0 bridgehead atoms. The van der Waals surface area contributed by atoms with Crippen molar-refractivity contribution in [1.29, 1.82) is 0 Å². The summed E-state index contributed by atoms with van der Waals surface area (Å²) in [4.78, 5) is 7.65. The fraction of sp³-hybridized carbons (Fsp3) is 0.348. The van der Waals surface area contributed by atoms with Gasteiger partial charge in [-0.1, -0.05) is 17.7 Å².